The van der Waals surface area contributed by atoms with E-state index in [1.54, 1.807) is 0 Å². The molecule has 19 heavy (non-hydrogen) atoms. The van der Waals surface area contributed by atoms with Crippen molar-refractivity contribution in [3.8, 4) is 5.75 Å². The predicted octanol–water partition coefficient (Wildman–Crippen LogP) is 2.42. The number of aliphatic hydroxyl groups is 1. The van der Waals surface area contributed by atoms with E-state index < -0.39 is 39.7 Å². The summed E-state index contributed by atoms with van der Waals surface area (Å²) in [6.45, 7) is -0.608. The molecule has 2 unspecified atom stereocenters. The molecule has 0 radical (unpaired) electrons. The summed E-state index contributed by atoms with van der Waals surface area (Å²) in [7, 11) is 1.13. The van der Waals surface area contributed by atoms with Gasteiger partial charge in [0.05, 0.1) is 19.1 Å². The van der Waals surface area contributed by atoms with Gasteiger partial charge in [0.15, 0.2) is 17.4 Å². The van der Waals surface area contributed by atoms with E-state index in [0.717, 1.165) is 19.2 Å². The van der Waals surface area contributed by atoms with E-state index in [1.807, 2.05) is 0 Å². The number of carbonyl (C=O) groups is 1. The van der Waals surface area contributed by atoms with Crippen LogP contribution >= 0.6 is 23.2 Å². The molecule has 2 rings (SSSR count). The molecule has 1 aromatic carbocycles. The molecule has 0 aromatic heterocycles. The molecule has 1 aliphatic rings. The van der Waals surface area contributed by atoms with Gasteiger partial charge < -0.3 is 14.6 Å². The Morgan fingerprint density at radius 1 is 1.42 bits per heavy atom. The lowest BCUT2D eigenvalue weighted by Gasteiger charge is -2.08. The number of benzene rings is 1. The Kier molecular flexibility index (Phi) is 3.49. The zero-order valence-electron chi connectivity index (χ0n) is 9.79. The van der Waals surface area contributed by atoms with E-state index in [1.165, 1.54) is 0 Å². The minimum Gasteiger partial charge on any atom is -0.491 e. The Morgan fingerprint density at radius 3 is 2.26 bits per heavy atom. The lowest BCUT2D eigenvalue weighted by atomic mass is 10.0. The number of aliphatic hydroxyl groups excluding tert-OH is 1. The summed E-state index contributed by atoms with van der Waals surface area (Å²) in [4.78, 5) is 11.1. The van der Waals surface area contributed by atoms with Gasteiger partial charge in [0.2, 0.25) is 0 Å². The summed E-state index contributed by atoms with van der Waals surface area (Å²) in [5.41, 5.74) is -1.34. The molecular weight excluding hydrogens is 301 g/mol. The van der Waals surface area contributed by atoms with Gasteiger partial charge >= 0.3 is 0 Å². The molecule has 3 nitrogen and oxygen atoms in total. The second kappa shape index (κ2) is 4.58. The zero-order chi connectivity index (χ0) is 14.4. The van der Waals surface area contributed by atoms with Crippen LogP contribution in [-0.2, 0) is 4.79 Å². The highest BCUT2D eigenvalue weighted by atomic mass is 35.5. The van der Waals surface area contributed by atoms with Crippen molar-refractivity contribution in [1.82, 2.24) is 0 Å². The molecule has 104 valence electrons. The number of aldehydes is 1. The van der Waals surface area contributed by atoms with Crippen LogP contribution in [0.2, 0.25) is 0 Å². The van der Waals surface area contributed by atoms with Crippen molar-refractivity contribution in [2.75, 3.05) is 13.7 Å². The summed E-state index contributed by atoms with van der Waals surface area (Å²) < 4.78 is 30.2. The van der Waals surface area contributed by atoms with Gasteiger partial charge in [0.1, 0.15) is 10.6 Å². The Hall–Kier alpha value is -0.910. The second-order valence-electron chi connectivity index (χ2n) is 4.39. The van der Waals surface area contributed by atoms with Crippen LogP contribution in [0, 0.1) is 17.0 Å². The number of hydrogen-bond donors (Lipinski definition) is 1. The van der Waals surface area contributed by atoms with Crippen molar-refractivity contribution in [1.29, 1.82) is 0 Å². The smallest absolute Gasteiger partial charge is 0.190 e. The fourth-order valence-electron chi connectivity index (χ4n) is 2.30. The standard InChI is InChI=1S/C12H10Cl2F2O3/c1-19-9-7(15)2-6(3-8(9)16)10-11(4-17,5-18)12(10,13)14/h2-4,10,18H,5H2,1H3. The number of alkyl halides is 2. The average molecular weight is 311 g/mol. The maximum absolute atomic E-state index is 13.6. The van der Waals surface area contributed by atoms with Crippen LogP contribution in [0.3, 0.4) is 0 Å². The van der Waals surface area contributed by atoms with E-state index >= 15 is 0 Å². The molecule has 0 spiro atoms. The number of methoxy groups -OCH3 is 1. The molecule has 1 fully saturated rings. The summed E-state index contributed by atoms with van der Waals surface area (Å²) in [6.07, 6.45) is 0.414. The summed E-state index contributed by atoms with van der Waals surface area (Å²) in [5, 5.41) is 9.25. The third kappa shape index (κ3) is 1.83. The van der Waals surface area contributed by atoms with E-state index in [-0.39, 0.29) is 5.56 Å². The van der Waals surface area contributed by atoms with E-state index in [0.29, 0.717) is 6.29 Å². The van der Waals surface area contributed by atoms with Gasteiger partial charge in [-0.3, -0.25) is 0 Å². The molecule has 0 bridgehead atoms. The lowest BCUT2D eigenvalue weighted by molar-refractivity contribution is -0.113. The summed E-state index contributed by atoms with van der Waals surface area (Å²) >= 11 is 11.9. The SMILES string of the molecule is COc1c(F)cc(C2C(Cl)(Cl)C2(C=O)CO)cc1F. The van der Waals surface area contributed by atoms with Crippen molar-refractivity contribution in [2.24, 2.45) is 5.41 Å². The Labute approximate surface area is 118 Å². The number of carbonyl (C=O) groups excluding carboxylic acids is 1. The Balaban J connectivity index is 2.48. The van der Waals surface area contributed by atoms with Crippen LogP contribution in [-0.4, -0.2) is 29.4 Å². The van der Waals surface area contributed by atoms with Crippen LogP contribution in [0.25, 0.3) is 0 Å². The average Bonchev–Trinajstić information content (AvgIpc) is 2.85. The van der Waals surface area contributed by atoms with Crippen LogP contribution < -0.4 is 4.74 Å². The maximum Gasteiger partial charge on any atom is 0.190 e. The Bertz CT molecular complexity index is 513. The van der Waals surface area contributed by atoms with Crippen LogP contribution in [0.15, 0.2) is 12.1 Å². The molecule has 1 aliphatic carbocycles. The quantitative estimate of drug-likeness (QED) is 0.686. The van der Waals surface area contributed by atoms with Crippen molar-refractivity contribution in [3.05, 3.63) is 29.3 Å². The second-order valence-corrected chi connectivity index (χ2v) is 5.78. The van der Waals surface area contributed by atoms with Crippen LogP contribution in [0.1, 0.15) is 11.5 Å². The van der Waals surface area contributed by atoms with Crippen molar-refractivity contribution < 1.29 is 23.4 Å². The molecule has 2 atom stereocenters. The van der Waals surface area contributed by atoms with E-state index in [9.17, 15) is 18.7 Å². The van der Waals surface area contributed by atoms with E-state index in [2.05, 4.69) is 4.74 Å². The minimum atomic E-state index is -1.59. The molecule has 1 aromatic rings. The van der Waals surface area contributed by atoms with Crippen molar-refractivity contribution >= 4 is 29.5 Å². The van der Waals surface area contributed by atoms with Crippen LogP contribution in [0.4, 0.5) is 8.78 Å². The minimum absolute atomic E-state index is 0.0990. The molecule has 1 N–H and O–H groups in total. The largest absolute Gasteiger partial charge is 0.491 e. The molecular formula is C12H10Cl2F2O3. The first-order valence-corrected chi connectivity index (χ1v) is 6.09. The maximum atomic E-state index is 13.6. The highest BCUT2D eigenvalue weighted by molar-refractivity contribution is 6.54. The molecule has 0 saturated heterocycles. The Morgan fingerprint density at radius 2 is 1.95 bits per heavy atom. The normalized spacial score (nSPS) is 28.0. The van der Waals surface area contributed by atoms with E-state index in [4.69, 9.17) is 23.2 Å². The lowest BCUT2D eigenvalue weighted by Crippen LogP contribution is -2.16. The fraction of sp³-hybridized carbons (Fsp3) is 0.417. The first kappa shape index (κ1) is 14.5. The topological polar surface area (TPSA) is 46.5 Å². The van der Waals surface area contributed by atoms with Gasteiger partial charge in [-0.25, -0.2) is 8.78 Å². The summed E-state index contributed by atoms with van der Waals surface area (Å²) in [6, 6.07) is 1.99. The van der Waals surface area contributed by atoms with Gasteiger partial charge in [-0.1, -0.05) is 23.2 Å². The molecule has 0 amide bonds. The van der Waals surface area contributed by atoms with Crippen LogP contribution in [0.5, 0.6) is 5.75 Å². The summed E-state index contributed by atoms with van der Waals surface area (Å²) in [5.74, 6) is -3.25. The van der Waals surface area contributed by atoms with Gasteiger partial charge in [-0.15, -0.1) is 0 Å². The zero-order valence-corrected chi connectivity index (χ0v) is 11.3. The predicted molar refractivity (Wildman–Crippen MR) is 65.7 cm³/mol. The number of rotatable bonds is 4. The third-order valence-electron chi connectivity index (χ3n) is 3.44. The van der Waals surface area contributed by atoms with Gasteiger partial charge in [0.25, 0.3) is 0 Å². The first-order valence-electron chi connectivity index (χ1n) is 5.33. The molecule has 0 aliphatic heterocycles. The molecule has 1 saturated carbocycles. The van der Waals surface area contributed by atoms with Gasteiger partial charge in [-0.05, 0) is 17.7 Å². The van der Waals surface area contributed by atoms with Gasteiger partial charge in [-0.2, -0.15) is 0 Å². The number of hydrogen-bond acceptors (Lipinski definition) is 3. The monoisotopic (exact) mass is 310 g/mol. The highest BCUT2D eigenvalue weighted by Crippen LogP contribution is 2.72. The van der Waals surface area contributed by atoms with Gasteiger partial charge in [0, 0.05) is 5.92 Å². The fourth-order valence-corrected chi connectivity index (χ4v) is 3.26. The number of halogens is 4. The van der Waals surface area contributed by atoms with Crippen molar-refractivity contribution in [2.45, 2.75) is 10.3 Å². The molecule has 7 heteroatoms. The third-order valence-corrected chi connectivity index (χ3v) is 4.59. The van der Waals surface area contributed by atoms with Crippen molar-refractivity contribution in [3.63, 3.8) is 0 Å². The highest BCUT2D eigenvalue weighted by Gasteiger charge is 2.76. The number of ether oxygens (including phenoxy) is 1. The first-order chi connectivity index (χ1) is 8.85. The molecule has 0 heterocycles.